The predicted molar refractivity (Wildman–Crippen MR) is 67.0 cm³/mol. The Morgan fingerprint density at radius 1 is 1.71 bits per heavy atom. The van der Waals surface area contributed by atoms with Gasteiger partial charge in [-0.15, -0.1) is 0 Å². The van der Waals surface area contributed by atoms with Crippen LogP contribution in [0, 0.1) is 6.92 Å². The van der Waals surface area contributed by atoms with E-state index in [0.717, 1.165) is 6.42 Å². The van der Waals surface area contributed by atoms with Crippen LogP contribution in [0.5, 0.6) is 0 Å². The van der Waals surface area contributed by atoms with Crippen LogP contribution in [0.3, 0.4) is 0 Å². The first-order valence-corrected chi connectivity index (χ1v) is 7.10. The summed E-state index contributed by atoms with van der Waals surface area (Å²) < 4.78 is 26.0. The lowest BCUT2D eigenvalue weighted by molar-refractivity contribution is 0.444. The molecular weight excluding hydrogens is 260 g/mol. The molecule has 1 unspecified atom stereocenters. The largest absolute Gasteiger partial charge is 0.392 e. The molecule has 3 N–H and O–H groups in total. The standard InChI is InChI=1S/C9H14N4O2S2/c1-6-11-5-8(12-6)17(14,15)13-4-2-3-7(13)9(10)16/h5,7H,2-4H2,1H3,(H2,10,16)(H,11,12). The maximum Gasteiger partial charge on any atom is 0.260 e. The van der Waals surface area contributed by atoms with Crippen LogP contribution in [-0.4, -0.2) is 40.3 Å². The van der Waals surface area contributed by atoms with Crippen molar-refractivity contribution in [3.05, 3.63) is 12.0 Å². The molecule has 0 radical (unpaired) electrons. The van der Waals surface area contributed by atoms with E-state index in [1.165, 1.54) is 10.5 Å². The van der Waals surface area contributed by atoms with E-state index in [9.17, 15) is 8.42 Å². The topological polar surface area (TPSA) is 92.1 Å². The third-order valence-corrected chi connectivity index (χ3v) is 4.89. The van der Waals surface area contributed by atoms with Gasteiger partial charge in [0.25, 0.3) is 10.0 Å². The number of hydrogen-bond donors (Lipinski definition) is 2. The Kier molecular flexibility index (Phi) is 3.19. The first-order valence-electron chi connectivity index (χ1n) is 5.25. The second kappa shape index (κ2) is 4.35. The van der Waals surface area contributed by atoms with Gasteiger partial charge in [-0.05, 0) is 19.8 Å². The van der Waals surface area contributed by atoms with E-state index in [0.29, 0.717) is 18.8 Å². The van der Waals surface area contributed by atoms with Gasteiger partial charge in [-0.1, -0.05) is 12.2 Å². The van der Waals surface area contributed by atoms with Crippen LogP contribution in [0.15, 0.2) is 11.2 Å². The molecule has 1 aromatic heterocycles. The number of aryl methyl sites for hydroxylation is 1. The summed E-state index contributed by atoms with van der Waals surface area (Å²) >= 11 is 4.90. The number of aromatic amines is 1. The van der Waals surface area contributed by atoms with Gasteiger partial charge >= 0.3 is 0 Å². The van der Waals surface area contributed by atoms with Crippen molar-refractivity contribution in [2.24, 2.45) is 5.73 Å². The van der Waals surface area contributed by atoms with Gasteiger partial charge in [0.1, 0.15) is 5.82 Å². The number of imidazole rings is 1. The number of H-pyrrole nitrogens is 1. The van der Waals surface area contributed by atoms with Crippen LogP contribution in [-0.2, 0) is 10.0 Å². The van der Waals surface area contributed by atoms with Gasteiger partial charge in [-0.3, -0.25) is 0 Å². The number of aromatic nitrogens is 2. The van der Waals surface area contributed by atoms with Gasteiger partial charge in [0.15, 0.2) is 5.03 Å². The van der Waals surface area contributed by atoms with Crippen molar-refractivity contribution in [1.82, 2.24) is 14.3 Å². The number of hydrogen-bond acceptors (Lipinski definition) is 4. The molecule has 17 heavy (non-hydrogen) atoms. The quantitative estimate of drug-likeness (QED) is 0.766. The number of nitrogens with one attached hydrogen (secondary N) is 1. The zero-order chi connectivity index (χ0) is 12.6. The molecule has 2 heterocycles. The Hall–Kier alpha value is -0.990. The molecule has 0 aliphatic carbocycles. The fourth-order valence-corrected chi connectivity index (χ4v) is 3.92. The van der Waals surface area contributed by atoms with Crippen molar-refractivity contribution >= 4 is 27.2 Å². The third-order valence-electron chi connectivity index (χ3n) is 2.80. The monoisotopic (exact) mass is 274 g/mol. The van der Waals surface area contributed by atoms with Crippen molar-refractivity contribution in [1.29, 1.82) is 0 Å². The SMILES string of the molecule is Cc1ncc(S(=O)(=O)N2CCCC2C(N)=S)[nH]1. The van der Waals surface area contributed by atoms with Crippen molar-refractivity contribution < 1.29 is 8.42 Å². The number of nitrogens with zero attached hydrogens (tertiary/aromatic N) is 2. The van der Waals surface area contributed by atoms with Crippen LogP contribution >= 0.6 is 12.2 Å². The maximum absolute atomic E-state index is 12.3. The number of thiocarbonyl (C=S) groups is 1. The lowest BCUT2D eigenvalue weighted by atomic mass is 10.2. The zero-order valence-electron chi connectivity index (χ0n) is 9.38. The molecule has 1 saturated heterocycles. The average Bonchev–Trinajstić information content (AvgIpc) is 2.84. The minimum Gasteiger partial charge on any atom is -0.392 e. The lowest BCUT2D eigenvalue weighted by Gasteiger charge is -2.21. The van der Waals surface area contributed by atoms with Gasteiger partial charge in [0.05, 0.1) is 17.2 Å². The smallest absolute Gasteiger partial charge is 0.260 e. The van der Waals surface area contributed by atoms with Crippen molar-refractivity contribution in [2.75, 3.05) is 6.54 Å². The molecular formula is C9H14N4O2S2. The Balaban J connectivity index is 2.36. The number of rotatable bonds is 3. The second-order valence-corrected chi connectivity index (χ2v) is 6.34. The zero-order valence-corrected chi connectivity index (χ0v) is 11.0. The Morgan fingerprint density at radius 3 is 2.94 bits per heavy atom. The first kappa shape index (κ1) is 12.5. The summed E-state index contributed by atoms with van der Waals surface area (Å²) in [4.78, 5) is 6.85. The fourth-order valence-electron chi connectivity index (χ4n) is 1.97. The van der Waals surface area contributed by atoms with Crippen molar-refractivity contribution in [2.45, 2.75) is 30.8 Å². The van der Waals surface area contributed by atoms with Gasteiger partial charge < -0.3 is 10.7 Å². The lowest BCUT2D eigenvalue weighted by Crippen LogP contribution is -2.42. The average molecular weight is 274 g/mol. The molecule has 1 aliphatic rings. The van der Waals surface area contributed by atoms with E-state index < -0.39 is 10.0 Å². The predicted octanol–water partition coefficient (Wildman–Crippen LogP) is 0.157. The van der Waals surface area contributed by atoms with E-state index in [1.807, 2.05) is 0 Å². The van der Waals surface area contributed by atoms with Crippen molar-refractivity contribution in [3.63, 3.8) is 0 Å². The van der Waals surface area contributed by atoms with Gasteiger partial charge in [-0.25, -0.2) is 13.4 Å². The van der Waals surface area contributed by atoms with E-state index in [-0.39, 0.29) is 16.1 Å². The molecule has 0 aromatic carbocycles. The maximum atomic E-state index is 12.3. The van der Waals surface area contributed by atoms with Crippen LogP contribution in [0.4, 0.5) is 0 Å². The van der Waals surface area contributed by atoms with Crippen LogP contribution in [0.2, 0.25) is 0 Å². The molecule has 1 atom stereocenters. The normalized spacial score (nSPS) is 21.8. The molecule has 0 amide bonds. The van der Waals surface area contributed by atoms with Crippen LogP contribution < -0.4 is 5.73 Å². The fraction of sp³-hybridized carbons (Fsp3) is 0.556. The van der Waals surface area contributed by atoms with Gasteiger partial charge in [0, 0.05) is 6.54 Å². The summed E-state index contributed by atoms with van der Waals surface area (Å²) in [6.07, 6.45) is 2.77. The summed E-state index contributed by atoms with van der Waals surface area (Å²) in [5, 5.41) is 0.0955. The molecule has 0 spiro atoms. The Labute approximate surface area is 105 Å². The molecule has 6 nitrogen and oxygen atoms in total. The Bertz CT molecular complexity index is 537. The minimum absolute atomic E-state index is 0.0955. The van der Waals surface area contributed by atoms with Gasteiger partial charge in [-0.2, -0.15) is 4.31 Å². The third kappa shape index (κ3) is 2.20. The molecule has 0 bridgehead atoms. The molecule has 1 fully saturated rings. The highest BCUT2D eigenvalue weighted by Gasteiger charge is 2.37. The summed E-state index contributed by atoms with van der Waals surface area (Å²) in [7, 11) is -3.56. The highest BCUT2D eigenvalue weighted by atomic mass is 32.2. The summed E-state index contributed by atoms with van der Waals surface area (Å²) in [6, 6.07) is -0.376. The summed E-state index contributed by atoms with van der Waals surface area (Å²) in [5.41, 5.74) is 5.57. The first-order chi connectivity index (χ1) is 7.93. The molecule has 2 rings (SSSR count). The minimum atomic E-state index is -3.56. The second-order valence-electron chi connectivity index (χ2n) is 4.01. The number of nitrogens with two attached hydrogens (primary N) is 1. The highest BCUT2D eigenvalue weighted by molar-refractivity contribution is 7.89. The molecule has 94 valence electrons. The van der Waals surface area contributed by atoms with E-state index in [1.54, 1.807) is 6.92 Å². The van der Waals surface area contributed by atoms with Crippen LogP contribution in [0.25, 0.3) is 0 Å². The summed E-state index contributed by atoms with van der Waals surface area (Å²) in [6.45, 7) is 2.15. The van der Waals surface area contributed by atoms with Crippen molar-refractivity contribution in [3.8, 4) is 0 Å². The van der Waals surface area contributed by atoms with E-state index >= 15 is 0 Å². The number of sulfonamides is 1. The Morgan fingerprint density at radius 2 is 2.41 bits per heavy atom. The molecule has 0 saturated carbocycles. The van der Waals surface area contributed by atoms with E-state index in [4.69, 9.17) is 18.0 Å². The highest BCUT2D eigenvalue weighted by Crippen LogP contribution is 2.25. The van der Waals surface area contributed by atoms with E-state index in [2.05, 4.69) is 9.97 Å². The van der Waals surface area contributed by atoms with Gasteiger partial charge in [0.2, 0.25) is 0 Å². The molecule has 1 aromatic rings. The van der Waals surface area contributed by atoms with Crippen LogP contribution in [0.1, 0.15) is 18.7 Å². The molecule has 1 aliphatic heterocycles. The molecule has 8 heteroatoms. The summed E-state index contributed by atoms with van der Waals surface area (Å²) in [5.74, 6) is 0.564.